The molecule has 0 spiro atoms. The van der Waals surface area contributed by atoms with Gasteiger partial charge in [-0.3, -0.25) is 0 Å². The lowest BCUT2D eigenvalue weighted by Gasteiger charge is -2.30. The molecule has 0 aliphatic carbocycles. The predicted octanol–water partition coefficient (Wildman–Crippen LogP) is 0.277. The van der Waals surface area contributed by atoms with Gasteiger partial charge < -0.3 is 10.1 Å². The molecule has 1 saturated heterocycles. The minimum atomic E-state index is -3.39. The van der Waals surface area contributed by atoms with Gasteiger partial charge in [0.15, 0.2) is 0 Å². The van der Waals surface area contributed by atoms with Crippen molar-refractivity contribution in [1.82, 2.24) is 13.9 Å². The quantitative estimate of drug-likeness (QED) is 0.848. The Hall–Kier alpha value is -1.15. The molecule has 2 rings (SSSR count). The maximum absolute atomic E-state index is 12.4. The molecule has 1 aromatic rings. The Balaban J connectivity index is 2.07. The molecule has 0 bridgehead atoms. The summed E-state index contributed by atoms with van der Waals surface area (Å²) >= 11 is 0. The fourth-order valence-electron chi connectivity index (χ4n) is 2.18. The summed E-state index contributed by atoms with van der Waals surface area (Å²) < 4.78 is 32.9. The number of nitrogens with zero attached hydrogens (tertiary/aromatic N) is 2. The van der Waals surface area contributed by atoms with E-state index in [1.54, 1.807) is 14.2 Å². The van der Waals surface area contributed by atoms with E-state index in [4.69, 9.17) is 4.74 Å². The highest BCUT2D eigenvalue weighted by Gasteiger charge is 2.27. The lowest BCUT2D eigenvalue weighted by atomic mass is 10.2. The Bertz CT molecular complexity index is 542. The number of piperazine rings is 1. The Morgan fingerprint density at radius 3 is 2.70 bits per heavy atom. The van der Waals surface area contributed by atoms with Crippen molar-refractivity contribution in [2.24, 2.45) is 0 Å². The number of ether oxygens (including phenoxy) is 1. The van der Waals surface area contributed by atoms with E-state index in [1.165, 1.54) is 8.61 Å². The first-order valence-electron chi connectivity index (χ1n) is 6.59. The molecular formula is C13H21N3O3S. The summed E-state index contributed by atoms with van der Waals surface area (Å²) in [4.78, 5) is 0. The maximum Gasteiger partial charge on any atom is 0.282 e. The van der Waals surface area contributed by atoms with E-state index in [0.717, 1.165) is 11.3 Å². The van der Waals surface area contributed by atoms with E-state index in [9.17, 15) is 8.42 Å². The lowest BCUT2D eigenvalue weighted by Crippen LogP contribution is -2.50. The van der Waals surface area contributed by atoms with Crippen molar-refractivity contribution in [2.75, 3.05) is 40.3 Å². The summed E-state index contributed by atoms with van der Waals surface area (Å²) in [7, 11) is -0.188. The topological polar surface area (TPSA) is 61.9 Å². The van der Waals surface area contributed by atoms with Gasteiger partial charge in [0.25, 0.3) is 10.2 Å². The van der Waals surface area contributed by atoms with Crippen LogP contribution in [-0.4, -0.2) is 57.4 Å². The van der Waals surface area contributed by atoms with Crippen molar-refractivity contribution in [2.45, 2.75) is 6.54 Å². The van der Waals surface area contributed by atoms with E-state index < -0.39 is 10.2 Å². The summed E-state index contributed by atoms with van der Waals surface area (Å²) in [5.41, 5.74) is 0.908. The molecular weight excluding hydrogens is 278 g/mol. The van der Waals surface area contributed by atoms with Gasteiger partial charge in [-0.1, -0.05) is 12.1 Å². The second-order valence-electron chi connectivity index (χ2n) is 4.76. The molecule has 1 aromatic carbocycles. The Morgan fingerprint density at radius 1 is 1.35 bits per heavy atom. The van der Waals surface area contributed by atoms with Gasteiger partial charge >= 0.3 is 0 Å². The summed E-state index contributed by atoms with van der Waals surface area (Å²) in [5.74, 6) is 0.732. The molecule has 0 amide bonds. The first-order chi connectivity index (χ1) is 9.54. The number of benzene rings is 1. The van der Waals surface area contributed by atoms with Gasteiger partial charge in [0, 0.05) is 39.8 Å². The highest BCUT2D eigenvalue weighted by molar-refractivity contribution is 7.86. The Morgan fingerprint density at radius 2 is 2.05 bits per heavy atom. The van der Waals surface area contributed by atoms with Crippen molar-refractivity contribution in [3.63, 3.8) is 0 Å². The molecule has 0 saturated carbocycles. The van der Waals surface area contributed by atoms with Gasteiger partial charge in [0.2, 0.25) is 0 Å². The summed E-state index contributed by atoms with van der Waals surface area (Å²) in [6.07, 6.45) is 0. The zero-order valence-corrected chi connectivity index (χ0v) is 12.7. The lowest BCUT2D eigenvalue weighted by molar-refractivity contribution is 0.324. The first-order valence-corrected chi connectivity index (χ1v) is 7.99. The largest absolute Gasteiger partial charge is 0.497 e. The van der Waals surface area contributed by atoms with Crippen LogP contribution in [0.15, 0.2) is 24.3 Å². The number of methoxy groups -OCH3 is 1. The number of nitrogens with one attached hydrogen (secondary N) is 1. The van der Waals surface area contributed by atoms with Gasteiger partial charge in [-0.25, -0.2) is 0 Å². The normalized spacial score (nSPS) is 17.4. The van der Waals surface area contributed by atoms with Crippen molar-refractivity contribution in [3.05, 3.63) is 29.8 Å². The van der Waals surface area contributed by atoms with Crippen LogP contribution in [0, 0.1) is 0 Å². The fraction of sp³-hybridized carbons (Fsp3) is 0.538. The average Bonchev–Trinajstić information content (AvgIpc) is 2.48. The van der Waals surface area contributed by atoms with Gasteiger partial charge in [0.05, 0.1) is 7.11 Å². The van der Waals surface area contributed by atoms with Crippen LogP contribution in [0.5, 0.6) is 5.75 Å². The summed E-state index contributed by atoms with van der Waals surface area (Å²) in [6, 6.07) is 7.45. The van der Waals surface area contributed by atoms with Crippen molar-refractivity contribution >= 4 is 10.2 Å². The molecule has 0 atom stereocenters. The molecule has 0 aromatic heterocycles. The Labute approximate surface area is 120 Å². The highest BCUT2D eigenvalue weighted by atomic mass is 32.2. The third-order valence-corrected chi connectivity index (χ3v) is 5.27. The van der Waals surface area contributed by atoms with E-state index in [2.05, 4.69) is 5.32 Å². The zero-order valence-electron chi connectivity index (χ0n) is 11.9. The van der Waals surface area contributed by atoms with Gasteiger partial charge in [-0.2, -0.15) is 17.0 Å². The molecule has 0 unspecified atom stereocenters. The number of hydrogen-bond acceptors (Lipinski definition) is 4. The fourth-order valence-corrected chi connectivity index (χ4v) is 3.53. The van der Waals surface area contributed by atoms with Crippen molar-refractivity contribution in [3.8, 4) is 5.75 Å². The molecule has 1 aliphatic rings. The number of rotatable bonds is 5. The van der Waals surface area contributed by atoms with Crippen LogP contribution in [0.4, 0.5) is 0 Å². The van der Waals surface area contributed by atoms with Crippen LogP contribution in [0.3, 0.4) is 0 Å². The molecule has 7 heteroatoms. The van der Waals surface area contributed by atoms with E-state index >= 15 is 0 Å². The molecule has 1 aliphatic heterocycles. The average molecular weight is 299 g/mol. The van der Waals surface area contributed by atoms with Crippen molar-refractivity contribution in [1.29, 1.82) is 0 Å². The Kier molecular flexibility index (Phi) is 4.98. The molecule has 1 heterocycles. The molecule has 20 heavy (non-hydrogen) atoms. The van der Waals surface area contributed by atoms with E-state index in [0.29, 0.717) is 32.7 Å². The second-order valence-corrected chi connectivity index (χ2v) is 6.80. The van der Waals surface area contributed by atoms with Gasteiger partial charge in [-0.05, 0) is 17.7 Å². The second kappa shape index (κ2) is 6.53. The summed E-state index contributed by atoms with van der Waals surface area (Å²) in [6.45, 7) is 2.78. The van der Waals surface area contributed by atoms with Crippen LogP contribution >= 0.6 is 0 Å². The van der Waals surface area contributed by atoms with E-state index in [-0.39, 0.29) is 0 Å². The van der Waals surface area contributed by atoms with Crippen LogP contribution in [0.2, 0.25) is 0 Å². The highest BCUT2D eigenvalue weighted by Crippen LogP contribution is 2.16. The smallest absolute Gasteiger partial charge is 0.282 e. The molecule has 6 nitrogen and oxygen atoms in total. The predicted molar refractivity (Wildman–Crippen MR) is 77.8 cm³/mol. The zero-order chi connectivity index (χ0) is 14.6. The minimum Gasteiger partial charge on any atom is -0.497 e. The van der Waals surface area contributed by atoms with Crippen LogP contribution in [0.1, 0.15) is 5.56 Å². The summed E-state index contributed by atoms with van der Waals surface area (Å²) in [5, 5.41) is 3.15. The van der Waals surface area contributed by atoms with Crippen LogP contribution < -0.4 is 10.1 Å². The van der Waals surface area contributed by atoms with Gasteiger partial charge in [-0.15, -0.1) is 0 Å². The van der Waals surface area contributed by atoms with E-state index in [1.807, 2.05) is 24.3 Å². The standard InChI is InChI=1S/C13H21N3O3S/c1-15(11-12-4-3-5-13(10-12)19-2)20(17,18)16-8-6-14-7-9-16/h3-5,10,14H,6-9,11H2,1-2H3. The monoisotopic (exact) mass is 299 g/mol. The first kappa shape index (κ1) is 15.2. The SMILES string of the molecule is COc1cccc(CN(C)S(=O)(=O)N2CCNCC2)c1. The van der Waals surface area contributed by atoms with Crippen LogP contribution in [-0.2, 0) is 16.8 Å². The van der Waals surface area contributed by atoms with Gasteiger partial charge in [0.1, 0.15) is 5.75 Å². The maximum atomic E-state index is 12.4. The molecule has 0 radical (unpaired) electrons. The third kappa shape index (κ3) is 3.49. The molecule has 1 N–H and O–H groups in total. The molecule has 1 fully saturated rings. The molecule has 112 valence electrons. The third-order valence-electron chi connectivity index (χ3n) is 3.34. The van der Waals surface area contributed by atoms with Crippen LogP contribution in [0.25, 0.3) is 0 Å². The number of hydrogen-bond donors (Lipinski definition) is 1. The minimum absolute atomic E-state index is 0.337. The van der Waals surface area contributed by atoms with Crippen molar-refractivity contribution < 1.29 is 13.2 Å².